The summed E-state index contributed by atoms with van der Waals surface area (Å²) in [7, 11) is 0. The van der Waals surface area contributed by atoms with Gasteiger partial charge in [-0.2, -0.15) is 0 Å². The molecular formula is C11H16BrN. The fourth-order valence-corrected chi connectivity index (χ4v) is 1.87. The Labute approximate surface area is 88.5 Å². The van der Waals surface area contributed by atoms with Gasteiger partial charge in [0.25, 0.3) is 0 Å². The summed E-state index contributed by atoms with van der Waals surface area (Å²) in [5.41, 5.74) is 8.58. The molecule has 2 N–H and O–H groups in total. The molecule has 0 amide bonds. The number of halogens is 1. The average Bonchev–Trinajstić information content (AvgIpc) is 2.10. The summed E-state index contributed by atoms with van der Waals surface area (Å²) < 4.78 is 1.15. The van der Waals surface area contributed by atoms with E-state index < -0.39 is 0 Å². The van der Waals surface area contributed by atoms with Crippen LogP contribution in [0.2, 0.25) is 0 Å². The van der Waals surface area contributed by atoms with Gasteiger partial charge < -0.3 is 5.73 Å². The van der Waals surface area contributed by atoms with Crippen molar-refractivity contribution in [3.05, 3.63) is 33.8 Å². The Bertz CT molecular complexity index is 283. The van der Waals surface area contributed by atoms with Crippen molar-refractivity contribution in [2.75, 3.05) is 0 Å². The Morgan fingerprint density at radius 1 is 1.46 bits per heavy atom. The van der Waals surface area contributed by atoms with Crippen molar-refractivity contribution in [2.45, 2.75) is 32.7 Å². The third-order valence-electron chi connectivity index (χ3n) is 2.31. The molecule has 0 heterocycles. The van der Waals surface area contributed by atoms with Crippen molar-refractivity contribution in [1.82, 2.24) is 0 Å². The summed E-state index contributed by atoms with van der Waals surface area (Å²) in [6, 6.07) is 6.39. The molecule has 1 nitrogen and oxygen atoms in total. The maximum absolute atomic E-state index is 6.05. The Morgan fingerprint density at radius 3 is 2.77 bits per heavy atom. The van der Waals surface area contributed by atoms with E-state index in [1.165, 1.54) is 11.1 Å². The predicted molar refractivity (Wildman–Crippen MR) is 60.7 cm³/mol. The fraction of sp³-hybridized carbons (Fsp3) is 0.455. The Morgan fingerprint density at radius 2 is 2.15 bits per heavy atom. The second kappa shape index (κ2) is 4.77. The van der Waals surface area contributed by atoms with E-state index in [1.54, 1.807) is 0 Å². The summed E-state index contributed by atoms with van der Waals surface area (Å²) >= 11 is 3.51. The summed E-state index contributed by atoms with van der Waals surface area (Å²) in [5, 5.41) is 0. The maximum Gasteiger partial charge on any atom is 0.0297 e. The Kier molecular flexibility index (Phi) is 3.94. The van der Waals surface area contributed by atoms with Crippen LogP contribution in [0.3, 0.4) is 0 Å². The molecule has 0 aliphatic carbocycles. The monoisotopic (exact) mass is 241 g/mol. The second-order valence-electron chi connectivity index (χ2n) is 3.35. The first-order chi connectivity index (χ1) is 6.16. The van der Waals surface area contributed by atoms with Gasteiger partial charge in [0.05, 0.1) is 0 Å². The topological polar surface area (TPSA) is 26.0 Å². The summed E-state index contributed by atoms with van der Waals surface area (Å²) in [4.78, 5) is 0. The van der Waals surface area contributed by atoms with Gasteiger partial charge in [-0.05, 0) is 30.5 Å². The summed E-state index contributed by atoms with van der Waals surface area (Å²) in [6.45, 7) is 4.27. The number of benzene rings is 1. The van der Waals surface area contributed by atoms with Gasteiger partial charge in [-0.1, -0.05) is 41.4 Å². The van der Waals surface area contributed by atoms with Crippen LogP contribution in [0.4, 0.5) is 0 Å². The minimum atomic E-state index is 0.183. The third kappa shape index (κ3) is 2.55. The van der Waals surface area contributed by atoms with E-state index in [9.17, 15) is 0 Å². The lowest BCUT2D eigenvalue weighted by atomic mass is 9.99. The molecule has 1 unspecified atom stereocenters. The van der Waals surface area contributed by atoms with Gasteiger partial charge >= 0.3 is 0 Å². The molecule has 0 aliphatic heterocycles. The van der Waals surface area contributed by atoms with Crippen molar-refractivity contribution < 1.29 is 0 Å². The van der Waals surface area contributed by atoms with Crippen molar-refractivity contribution in [2.24, 2.45) is 5.73 Å². The zero-order valence-electron chi connectivity index (χ0n) is 8.18. The molecule has 0 spiro atoms. The summed E-state index contributed by atoms with van der Waals surface area (Å²) in [6.07, 6.45) is 2.18. The van der Waals surface area contributed by atoms with Crippen LogP contribution >= 0.6 is 15.9 Å². The lowest BCUT2D eigenvalue weighted by Gasteiger charge is -2.14. The van der Waals surface area contributed by atoms with E-state index in [-0.39, 0.29) is 6.04 Å². The third-order valence-corrected chi connectivity index (χ3v) is 3.17. The fourth-order valence-electron chi connectivity index (χ4n) is 1.49. The molecule has 13 heavy (non-hydrogen) atoms. The molecule has 0 aliphatic rings. The van der Waals surface area contributed by atoms with Crippen molar-refractivity contribution in [3.63, 3.8) is 0 Å². The first kappa shape index (κ1) is 10.7. The van der Waals surface area contributed by atoms with Gasteiger partial charge in [-0.3, -0.25) is 0 Å². The minimum Gasteiger partial charge on any atom is -0.324 e. The first-order valence-corrected chi connectivity index (χ1v) is 5.46. The van der Waals surface area contributed by atoms with Crippen LogP contribution in [-0.2, 0) is 0 Å². The highest BCUT2D eigenvalue weighted by atomic mass is 79.9. The number of nitrogens with two attached hydrogens (primary N) is 1. The van der Waals surface area contributed by atoms with Crippen LogP contribution in [0, 0.1) is 6.92 Å². The molecule has 2 heteroatoms. The number of hydrogen-bond donors (Lipinski definition) is 1. The molecule has 1 aromatic rings. The maximum atomic E-state index is 6.05. The van der Waals surface area contributed by atoms with Crippen LogP contribution in [0.25, 0.3) is 0 Å². The molecule has 0 aromatic heterocycles. The van der Waals surface area contributed by atoms with Crippen LogP contribution < -0.4 is 5.73 Å². The molecule has 1 rings (SSSR count). The molecule has 1 atom stereocenters. The standard InChI is InChI=1S/C11H16BrN/c1-3-5-11(13)9-6-4-7-10(12)8(9)2/h4,6-7,11H,3,5,13H2,1-2H3. The Hall–Kier alpha value is -0.340. The highest BCUT2D eigenvalue weighted by Gasteiger charge is 2.08. The van der Waals surface area contributed by atoms with Gasteiger partial charge in [-0.25, -0.2) is 0 Å². The highest BCUT2D eigenvalue weighted by Crippen LogP contribution is 2.25. The van der Waals surface area contributed by atoms with Gasteiger partial charge in [0.1, 0.15) is 0 Å². The number of rotatable bonds is 3. The molecule has 0 saturated carbocycles. The van der Waals surface area contributed by atoms with E-state index in [4.69, 9.17) is 5.73 Å². The van der Waals surface area contributed by atoms with E-state index in [0.29, 0.717) is 0 Å². The Balaban J connectivity index is 2.93. The molecule has 0 radical (unpaired) electrons. The zero-order chi connectivity index (χ0) is 9.84. The van der Waals surface area contributed by atoms with Crippen LogP contribution in [0.15, 0.2) is 22.7 Å². The predicted octanol–water partition coefficient (Wildman–Crippen LogP) is 3.56. The lowest BCUT2D eigenvalue weighted by molar-refractivity contribution is 0.635. The van der Waals surface area contributed by atoms with Crippen molar-refractivity contribution >= 4 is 15.9 Å². The van der Waals surface area contributed by atoms with Crippen molar-refractivity contribution in [1.29, 1.82) is 0 Å². The van der Waals surface area contributed by atoms with Gasteiger partial charge in [0, 0.05) is 10.5 Å². The van der Waals surface area contributed by atoms with Crippen LogP contribution in [0.1, 0.15) is 36.9 Å². The van der Waals surface area contributed by atoms with Crippen LogP contribution in [0.5, 0.6) is 0 Å². The van der Waals surface area contributed by atoms with Crippen LogP contribution in [-0.4, -0.2) is 0 Å². The SMILES string of the molecule is CCCC(N)c1cccc(Br)c1C. The largest absolute Gasteiger partial charge is 0.324 e. The second-order valence-corrected chi connectivity index (χ2v) is 4.20. The van der Waals surface area contributed by atoms with Crippen molar-refractivity contribution in [3.8, 4) is 0 Å². The van der Waals surface area contributed by atoms with E-state index in [2.05, 4.69) is 41.9 Å². The van der Waals surface area contributed by atoms with Gasteiger partial charge in [0.15, 0.2) is 0 Å². The highest BCUT2D eigenvalue weighted by molar-refractivity contribution is 9.10. The molecule has 0 saturated heterocycles. The van der Waals surface area contributed by atoms with E-state index in [1.807, 2.05) is 6.07 Å². The lowest BCUT2D eigenvalue weighted by Crippen LogP contribution is -2.11. The van der Waals surface area contributed by atoms with E-state index in [0.717, 1.165) is 17.3 Å². The summed E-state index contributed by atoms with van der Waals surface area (Å²) in [5.74, 6) is 0. The zero-order valence-corrected chi connectivity index (χ0v) is 9.76. The van der Waals surface area contributed by atoms with E-state index >= 15 is 0 Å². The molecule has 1 aromatic carbocycles. The number of hydrogen-bond acceptors (Lipinski definition) is 1. The molecule has 0 fully saturated rings. The average molecular weight is 242 g/mol. The molecular weight excluding hydrogens is 226 g/mol. The normalized spacial score (nSPS) is 12.9. The molecule has 72 valence electrons. The first-order valence-electron chi connectivity index (χ1n) is 4.67. The smallest absolute Gasteiger partial charge is 0.0297 e. The molecule has 0 bridgehead atoms. The van der Waals surface area contributed by atoms with Gasteiger partial charge in [0.2, 0.25) is 0 Å². The van der Waals surface area contributed by atoms with Gasteiger partial charge in [-0.15, -0.1) is 0 Å². The minimum absolute atomic E-state index is 0.183. The quantitative estimate of drug-likeness (QED) is 0.861.